The van der Waals surface area contributed by atoms with Crippen LogP contribution in [0.2, 0.25) is 0 Å². The van der Waals surface area contributed by atoms with Gasteiger partial charge in [0.25, 0.3) is 0 Å². The predicted octanol–water partition coefficient (Wildman–Crippen LogP) is 1.49. The Morgan fingerprint density at radius 1 is 1.06 bits per heavy atom. The van der Waals surface area contributed by atoms with Crippen LogP contribution in [0.3, 0.4) is 0 Å². The number of nitrogens with zero attached hydrogens (tertiary/aromatic N) is 2. The van der Waals surface area contributed by atoms with Crippen molar-refractivity contribution in [3.05, 3.63) is 0 Å². The minimum atomic E-state index is -2.96. The summed E-state index contributed by atoms with van der Waals surface area (Å²) >= 11 is 0. The molecule has 1 rings (SSSR count). The largest absolute Gasteiger partial charge is 0.289 e. The Morgan fingerprint density at radius 2 is 1.69 bits per heavy atom. The lowest BCUT2D eigenvalue weighted by molar-refractivity contribution is 0.181. The van der Waals surface area contributed by atoms with Gasteiger partial charge in [-0.3, -0.25) is 4.90 Å². The van der Waals surface area contributed by atoms with E-state index in [1.165, 1.54) is 0 Å². The molecular formula is C11H24N2O2S. The summed E-state index contributed by atoms with van der Waals surface area (Å²) in [5.74, 6) is 0.292. The average Bonchev–Trinajstić information content (AvgIpc) is 2.26. The van der Waals surface area contributed by atoms with Crippen molar-refractivity contribution in [2.24, 2.45) is 0 Å². The average molecular weight is 248 g/mol. The lowest BCUT2D eigenvalue weighted by Gasteiger charge is -2.34. The van der Waals surface area contributed by atoms with E-state index < -0.39 is 10.0 Å². The predicted molar refractivity (Wildman–Crippen MR) is 66.7 cm³/mol. The fourth-order valence-corrected chi connectivity index (χ4v) is 3.36. The molecule has 0 unspecified atom stereocenters. The number of hydrogen-bond donors (Lipinski definition) is 0. The number of rotatable bonds is 6. The Kier molecular flexibility index (Phi) is 5.72. The summed E-state index contributed by atoms with van der Waals surface area (Å²) in [6, 6.07) is 0. The van der Waals surface area contributed by atoms with Crippen molar-refractivity contribution in [3.63, 3.8) is 0 Å². The molecule has 0 aromatic rings. The molecule has 1 saturated heterocycles. The third-order valence-electron chi connectivity index (χ3n) is 3.01. The van der Waals surface area contributed by atoms with Gasteiger partial charge < -0.3 is 0 Å². The first-order valence-electron chi connectivity index (χ1n) is 6.30. The first-order chi connectivity index (χ1) is 7.60. The highest BCUT2D eigenvalue weighted by Gasteiger charge is 2.28. The van der Waals surface area contributed by atoms with E-state index in [4.69, 9.17) is 0 Å². The van der Waals surface area contributed by atoms with Gasteiger partial charge in [0.05, 0.1) is 12.4 Å². The smallest absolute Gasteiger partial charge is 0.216 e. The topological polar surface area (TPSA) is 40.6 Å². The molecule has 0 spiro atoms. The van der Waals surface area contributed by atoms with Crippen molar-refractivity contribution < 1.29 is 8.42 Å². The van der Waals surface area contributed by atoms with Crippen LogP contribution in [0, 0.1) is 0 Å². The minimum absolute atomic E-state index is 0.292. The van der Waals surface area contributed by atoms with Crippen LogP contribution in [0.25, 0.3) is 0 Å². The molecule has 1 heterocycles. The van der Waals surface area contributed by atoms with Crippen LogP contribution >= 0.6 is 0 Å². The second kappa shape index (κ2) is 6.57. The molecule has 0 bridgehead atoms. The molecule has 0 saturated carbocycles. The third-order valence-corrected chi connectivity index (χ3v) is 4.79. The Bertz CT molecular complexity index is 290. The Morgan fingerprint density at radius 3 is 2.31 bits per heavy atom. The van der Waals surface area contributed by atoms with Gasteiger partial charge >= 0.3 is 0 Å². The van der Waals surface area contributed by atoms with Crippen LogP contribution in [-0.2, 0) is 10.0 Å². The van der Waals surface area contributed by atoms with Gasteiger partial charge in [-0.1, -0.05) is 26.7 Å². The molecule has 0 amide bonds. The van der Waals surface area contributed by atoms with Crippen LogP contribution in [0.1, 0.15) is 39.5 Å². The van der Waals surface area contributed by atoms with Crippen molar-refractivity contribution in [1.82, 2.24) is 9.21 Å². The number of sulfonamides is 1. The van der Waals surface area contributed by atoms with Gasteiger partial charge in [0.1, 0.15) is 0 Å². The van der Waals surface area contributed by atoms with E-state index in [-0.39, 0.29) is 0 Å². The number of hydrogen-bond acceptors (Lipinski definition) is 3. The highest BCUT2D eigenvalue weighted by molar-refractivity contribution is 7.89. The van der Waals surface area contributed by atoms with Crippen molar-refractivity contribution in [3.8, 4) is 0 Å². The van der Waals surface area contributed by atoms with E-state index in [0.29, 0.717) is 25.5 Å². The standard InChI is InChI=1S/C11H24N2O2S/c1-3-5-7-12-9-10-16(14,15)13(11-12)8-6-4-2/h3-11H2,1-2H3. The zero-order valence-corrected chi connectivity index (χ0v) is 11.3. The second-order valence-electron chi connectivity index (χ2n) is 4.46. The van der Waals surface area contributed by atoms with Gasteiger partial charge in [0.2, 0.25) is 10.0 Å². The van der Waals surface area contributed by atoms with E-state index in [1.807, 2.05) is 0 Å². The molecule has 0 radical (unpaired) electrons. The minimum Gasteiger partial charge on any atom is -0.289 e. The normalized spacial score (nSPS) is 22.4. The maximum absolute atomic E-state index is 11.8. The lowest BCUT2D eigenvalue weighted by Crippen LogP contribution is -2.50. The van der Waals surface area contributed by atoms with E-state index in [0.717, 1.165) is 32.2 Å². The molecule has 1 aliphatic heterocycles. The molecule has 0 atom stereocenters. The fourth-order valence-electron chi connectivity index (χ4n) is 1.86. The molecular weight excluding hydrogens is 224 g/mol. The Balaban J connectivity index is 2.49. The Labute approximate surface area is 99.7 Å². The van der Waals surface area contributed by atoms with Crippen molar-refractivity contribution >= 4 is 10.0 Å². The van der Waals surface area contributed by atoms with E-state index in [9.17, 15) is 8.42 Å². The summed E-state index contributed by atoms with van der Waals surface area (Å²) in [7, 11) is -2.96. The molecule has 1 fully saturated rings. The fraction of sp³-hybridized carbons (Fsp3) is 1.00. The van der Waals surface area contributed by atoms with Crippen LogP contribution in [0.5, 0.6) is 0 Å². The van der Waals surface area contributed by atoms with Crippen LogP contribution in [0.15, 0.2) is 0 Å². The van der Waals surface area contributed by atoms with Crippen LogP contribution in [-0.4, -0.2) is 49.7 Å². The van der Waals surface area contributed by atoms with Crippen molar-refractivity contribution in [2.45, 2.75) is 39.5 Å². The molecule has 4 nitrogen and oxygen atoms in total. The zero-order valence-electron chi connectivity index (χ0n) is 10.5. The molecule has 96 valence electrons. The molecule has 5 heteroatoms. The monoisotopic (exact) mass is 248 g/mol. The lowest BCUT2D eigenvalue weighted by atomic mass is 10.3. The van der Waals surface area contributed by atoms with Crippen LogP contribution in [0.4, 0.5) is 0 Å². The Hall–Kier alpha value is -0.130. The SMILES string of the molecule is CCCCN1CCS(=O)(=O)N(CCCC)C1. The quantitative estimate of drug-likeness (QED) is 0.715. The van der Waals surface area contributed by atoms with E-state index >= 15 is 0 Å². The van der Waals surface area contributed by atoms with Gasteiger partial charge in [0, 0.05) is 13.1 Å². The second-order valence-corrected chi connectivity index (χ2v) is 6.55. The zero-order chi connectivity index (χ0) is 12.0. The molecule has 0 aromatic heterocycles. The van der Waals surface area contributed by atoms with Gasteiger partial charge in [-0.25, -0.2) is 8.42 Å². The first-order valence-corrected chi connectivity index (χ1v) is 7.91. The maximum Gasteiger partial charge on any atom is 0.216 e. The van der Waals surface area contributed by atoms with E-state index in [1.54, 1.807) is 4.31 Å². The van der Waals surface area contributed by atoms with Gasteiger partial charge in [-0.05, 0) is 19.4 Å². The van der Waals surface area contributed by atoms with Gasteiger partial charge in [0.15, 0.2) is 0 Å². The summed E-state index contributed by atoms with van der Waals surface area (Å²) in [6.07, 6.45) is 4.32. The summed E-state index contributed by atoms with van der Waals surface area (Å²) < 4.78 is 25.3. The summed E-state index contributed by atoms with van der Waals surface area (Å²) in [4.78, 5) is 2.25. The van der Waals surface area contributed by atoms with Crippen molar-refractivity contribution in [1.29, 1.82) is 0 Å². The molecule has 1 aliphatic rings. The van der Waals surface area contributed by atoms with E-state index in [2.05, 4.69) is 18.7 Å². The highest BCUT2D eigenvalue weighted by atomic mass is 32.2. The maximum atomic E-state index is 11.8. The number of unbranched alkanes of at least 4 members (excludes halogenated alkanes) is 2. The molecule has 16 heavy (non-hydrogen) atoms. The molecule has 0 N–H and O–H groups in total. The third kappa shape index (κ3) is 4.03. The summed E-state index contributed by atoms with van der Waals surface area (Å²) in [5, 5.41) is 0. The molecule has 0 aromatic carbocycles. The van der Waals surface area contributed by atoms with Gasteiger partial charge in [-0.15, -0.1) is 0 Å². The first kappa shape index (κ1) is 13.9. The van der Waals surface area contributed by atoms with Gasteiger partial charge in [-0.2, -0.15) is 4.31 Å². The summed E-state index contributed by atoms with van der Waals surface area (Å²) in [5.41, 5.74) is 0. The molecule has 0 aliphatic carbocycles. The highest BCUT2D eigenvalue weighted by Crippen LogP contribution is 2.12. The van der Waals surface area contributed by atoms with Crippen LogP contribution < -0.4 is 0 Å². The summed E-state index contributed by atoms with van der Waals surface area (Å²) in [6.45, 7) is 7.25. The van der Waals surface area contributed by atoms with Crippen molar-refractivity contribution in [2.75, 3.05) is 32.1 Å².